The van der Waals surface area contributed by atoms with Crippen molar-refractivity contribution in [3.05, 3.63) is 59.6 Å². The lowest BCUT2D eigenvalue weighted by Gasteiger charge is -1.94. The van der Waals surface area contributed by atoms with Crippen molar-refractivity contribution >= 4 is 17.2 Å². The van der Waals surface area contributed by atoms with Crippen LogP contribution in [0, 0.1) is 5.82 Å². The van der Waals surface area contributed by atoms with Gasteiger partial charge in [0, 0.05) is 18.0 Å². The summed E-state index contributed by atoms with van der Waals surface area (Å²) in [6, 6.07) is 9.97. The van der Waals surface area contributed by atoms with Gasteiger partial charge in [0.05, 0.1) is 10.7 Å². The Hall–Kier alpha value is -1.87. The molecule has 3 aromatic rings. The lowest BCUT2D eigenvalue weighted by molar-refractivity contribution is 0.628. The number of nitrogens with zero attached hydrogens (tertiary/aromatic N) is 2. The summed E-state index contributed by atoms with van der Waals surface area (Å²) in [5.41, 5.74) is 2.27. The van der Waals surface area contributed by atoms with Crippen molar-refractivity contribution in [2.75, 3.05) is 0 Å². The molecule has 84 valence electrons. The molecule has 0 aliphatic rings. The summed E-state index contributed by atoms with van der Waals surface area (Å²) in [4.78, 5) is 4.40. The Morgan fingerprint density at radius 1 is 1.12 bits per heavy atom. The number of halogens is 2. The zero-order valence-corrected chi connectivity index (χ0v) is 9.53. The monoisotopic (exact) mass is 246 g/mol. The van der Waals surface area contributed by atoms with Crippen molar-refractivity contribution in [2.45, 2.75) is 0 Å². The highest BCUT2D eigenvalue weighted by Crippen LogP contribution is 2.21. The Labute approximate surface area is 102 Å². The quantitative estimate of drug-likeness (QED) is 0.639. The van der Waals surface area contributed by atoms with Gasteiger partial charge in [0.2, 0.25) is 0 Å². The fraction of sp³-hybridized carbons (Fsp3) is 0. The van der Waals surface area contributed by atoms with Crippen molar-refractivity contribution in [1.29, 1.82) is 0 Å². The summed E-state index contributed by atoms with van der Waals surface area (Å²) >= 11 is 5.89. The first-order valence-electron chi connectivity index (χ1n) is 5.12. The summed E-state index contributed by atoms with van der Waals surface area (Å²) in [5, 5.41) is 0.640. The fourth-order valence-corrected chi connectivity index (χ4v) is 1.92. The molecule has 0 aliphatic carbocycles. The molecule has 2 aromatic heterocycles. The number of aromatic nitrogens is 2. The number of hydrogen-bond donors (Lipinski definition) is 0. The van der Waals surface area contributed by atoms with Crippen LogP contribution in [-0.2, 0) is 0 Å². The average molecular weight is 247 g/mol. The third kappa shape index (κ3) is 1.89. The number of fused-ring (bicyclic) bond motifs is 1. The van der Waals surface area contributed by atoms with Gasteiger partial charge in [-0.05, 0) is 24.3 Å². The second-order valence-corrected chi connectivity index (χ2v) is 4.19. The molecule has 0 fully saturated rings. The Morgan fingerprint density at radius 2 is 2.00 bits per heavy atom. The van der Waals surface area contributed by atoms with Gasteiger partial charge < -0.3 is 4.40 Å². The van der Waals surface area contributed by atoms with Crippen LogP contribution in [0.1, 0.15) is 0 Å². The highest BCUT2D eigenvalue weighted by Gasteiger charge is 2.05. The summed E-state index contributed by atoms with van der Waals surface area (Å²) in [6.07, 6.45) is 3.60. The average Bonchev–Trinajstić information content (AvgIpc) is 2.72. The van der Waals surface area contributed by atoms with Crippen molar-refractivity contribution in [1.82, 2.24) is 9.38 Å². The predicted molar refractivity (Wildman–Crippen MR) is 65.6 cm³/mol. The Bertz CT molecular complexity index is 691. The van der Waals surface area contributed by atoms with E-state index in [2.05, 4.69) is 4.98 Å². The summed E-state index contributed by atoms with van der Waals surface area (Å²) in [6.45, 7) is 0. The standard InChI is InChI=1S/C13H8ClFN2/c14-10-4-5-13-16-12(8-17(13)7-10)9-2-1-3-11(15)6-9/h1-8H. The van der Waals surface area contributed by atoms with Crippen molar-refractivity contribution in [3.8, 4) is 11.3 Å². The smallest absolute Gasteiger partial charge is 0.137 e. The normalized spacial score (nSPS) is 10.9. The van der Waals surface area contributed by atoms with Gasteiger partial charge in [0.15, 0.2) is 0 Å². The van der Waals surface area contributed by atoms with Gasteiger partial charge in [-0.25, -0.2) is 9.37 Å². The summed E-state index contributed by atoms with van der Waals surface area (Å²) < 4.78 is 14.9. The van der Waals surface area contributed by atoms with Crippen molar-refractivity contribution in [3.63, 3.8) is 0 Å². The maximum Gasteiger partial charge on any atom is 0.137 e. The van der Waals surface area contributed by atoms with E-state index in [1.54, 1.807) is 18.3 Å². The second kappa shape index (κ2) is 3.86. The van der Waals surface area contributed by atoms with Gasteiger partial charge >= 0.3 is 0 Å². The van der Waals surface area contributed by atoms with Crippen LogP contribution in [0.15, 0.2) is 48.8 Å². The largest absolute Gasteiger partial charge is 0.305 e. The predicted octanol–water partition coefficient (Wildman–Crippen LogP) is 3.79. The molecule has 0 atom stereocenters. The maximum atomic E-state index is 13.1. The van der Waals surface area contributed by atoms with E-state index in [1.807, 2.05) is 22.7 Å². The van der Waals surface area contributed by atoms with Crippen LogP contribution in [-0.4, -0.2) is 9.38 Å². The molecule has 0 N–H and O–H groups in total. The SMILES string of the molecule is Fc1cccc(-c2cn3cc(Cl)ccc3n2)c1. The minimum Gasteiger partial charge on any atom is -0.305 e. The van der Waals surface area contributed by atoms with Crippen LogP contribution in [0.25, 0.3) is 16.9 Å². The minimum absolute atomic E-state index is 0.266. The molecule has 0 saturated carbocycles. The van der Waals surface area contributed by atoms with Gasteiger partial charge in [0.25, 0.3) is 0 Å². The lowest BCUT2D eigenvalue weighted by atomic mass is 10.2. The molecule has 1 aromatic carbocycles. The van der Waals surface area contributed by atoms with E-state index in [0.29, 0.717) is 5.02 Å². The van der Waals surface area contributed by atoms with Crippen LogP contribution in [0.3, 0.4) is 0 Å². The summed E-state index contributed by atoms with van der Waals surface area (Å²) in [5.74, 6) is -0.266. The second-order valence-electron chi connectivity index (χ2n) is 3.75. The van der Waals surface area contributed by atoms with E-state index in [9.17, 15) is 4.39 Å². The molecule has 2 heterocycles. The first kappa shape index (κ1) is 10.3. The topological polar surface area (TPSA) is 17.3 Å². The van der Waals surface area contributed by atoms with E-state index < -0.39 is 0 Å². The molecule has 3 rings (SSSR count). The van der Waals surface area contributed by atoms with Gasteiger partial charge in [-0.2, -0.15) is 0 Å². The fourth-order valence-electron chi connectivity index (χ4n) is 1.75. The van der Waals surface area contributed by atoms with Crippen LogP contribution < -0.4 is 0 Å². The Kier molecular flexibility index (Phi) is 2.34. The first-order valence-corrected chi connectivity index (χ1v) is 5.50. The number of pyridine rings is 1. The van der Waals surface area contributed by atoms with Crippen molar-refractivity contribution < 1.29 is 4.39 Å². The van der Waals surface area contributed by atoms with E-state index in [-0.39, 0.29) is 5.82 Å². The highest BCUT2D eigenvalue weighted by atomic mass is 35.5. The molecule has 0 unspecified atom stereocenters. The molecule has 0 amide bonds. The molecule has 0 radical (unpaired) electrons. The lowest BCUT2D eigenvalue weighted by Crippen LogP contribution is -1.79. The van der Waals surface area contributed by atoms with Crippen LogP contribution in [0.4, 0.5) is 4.39 Å². The molecule has 2 nitrogen and oxygen atoms in total. The third-order valence-electron chi connectivity index (χ3n) is 2.54. The van der Waals surface area contributed by atoms with Gasteiger partial charge in [-0.3, -0.25) is 0 Å². The number of imidazole rings is 1. The van der Waals surface area contributed by atoms with Gasteiger partial charge in [-0.1, -0.05) is 23.7 Å². The molecule has 4 heteroatoms. The number of hydrogen-bond acceptors (Lipinski definition) is 1. The van der Waals surface area contributed by atoms with E-state index in [0.717, 1.165) is 16.9 Å². The molecular weight excluding hydrogens is 239 g/mol. The molecule has 0 saturated heterocycles. The first-order chi connectivity index (χ1) is 8.22. The molecule has 0 aliphatic heterocycles. The molecule has 17 heavy (non-hydrogen) atoms. The zero-order chi connectivity index (χ0) is 11.8. The number of benzene rings is 1. The van der Waals surface area contributed by atoms with Gasteiger partial charge in [-0.15, -0.1) is 0 Å². The van der Waals surface area contributed by atoms with Crippen LogP contribution in [0.5, 0.6) is 0 Å². The van der Waals surface area contributed by atoms with E-state index in [4.69, 9.17) is 11.6 Å². The van der Waals surface area contributed by atoms with E-state index >= 15 is 0 Å². The van der Waals surface area contributed by atoms with Crippen molar-refractivity contribution in [2.24, 2.45) is 0 Å². The molecule has 0 bridgehead atoms. The van der Waals surface area contributed by atoms with Gasteiger partial charge in [0.1, 0.15) is 11.5 Å². The molecule has 0 spiro atoms. The van der Waals surface area contributed by atoms with Crippen LogP contribution in [0.2, 0.25) is 5.02 Å². The Morgan fingerprint density at radius 3 is 2.82 bits per heavy atom. The molecular formula is C13H8ClFN2. The minimum atomic E-state index is -0.266. The maximum absolute atomic E-state index is 13.1. The zero-order valence-electron chi connectivity index (χ0n) is 8.77. The van der Waals surface area contributed by atoms with Crippen LogP contribution >= 0.6 is 11.6 Å². The highest BCUT2D eigenvalue weighted by molar-refractivity contribution is 6.30. The third-order valence-corrected chi connectivity index (χ3v) is 2.76. The van der Waals surface area contributed by atoms with E-state index in [1.165, 1.54) is 12.1 Å². The number of rotatable bonds is 1. The Balaban J connectivity index is 2.18. The summed E-state index contributed by atoms with van der Waals surface area (Å²) in [7, 11) is 0.